The minimum absolute atomic E-state index is 0.228. The highest BCUT2D eigenvalue weighted by Crippen LogP contribution is 2.22. The van der Waals surface area contributed by atoms with Crippen molar-refractivity contribution in [2.45, 2.75) is 13.8 Å². The Balaban J connectivity index is 2.05. The van der Waals surface area contributed by atoms with Crippen LogP contribution in [0.5, 0.6) is 0 Å². The molecule has 128 valence electrons. The summed E-state index contributed by atoms with van der Waals surface area (Å²) < 4.78 is 13.4. The molecule has 25 heavy (non-hydrogen) atoms. The molecule has 1 aromatic heterocycles. The highest BCUT2D eigenvalue weighted by atomic mass is 19.1. The quantitative estimate of drug-likeness (QED) is 0.767. The van der Waals surface area contributed by atoms with E-state index in [0.29, 0.717) is 30.1 Å². The number of carbonyl (C=O) groups is 1. The van der Waals surface area contributed by atoms with Gasteiger partial charge < -0.3 is 10.2 Å². The van der Waals surface area contributed by atoms with Crippen molar-refractivity contribution in [1.29, 1.82) is 0 Å². The van der Waals surface area contributed by atoms with E-state index in [2.05, 4.69) is 15.3 Å². The van der Waals surface area contributed by atoms with Gasteiger partial charge in [-0.05, 0) is 44.2 Å². The van der Waals surface area contributed by atoms with Crippen LogP contribution in [0, 0.1) is 5.82 Å². The minimum atomic E-state index is -0.411. The van der Waals surface area contributed by atoms with Crippen LogP contribution in [0.25, 0.3) is 11.0 Å². The van der Waals surface area contributed by atoms with E-state index in [1.165, 1.54) is 12.1 Å². The lowest BCUT2D eigenvalue weighted by molar-refractivity contribution is 0.102. The zero-order valence-electron chi connectivity index (χ0n) is 14.2. The number of halogens is 1. The van der Waals surface area contributed by atoms with Gasteiger partial charge in [0.15, 0.2) is 11.5 Å². The van der Waals surface area contributed by atoms with Crippen LogP contribution in [0.2, 0.25) is 0 Å². The standard InChI is InChI=1S/C19H19FN4O/c1-3-24(4-2)18-17(22-15-10-5-6-11-16(15)23-18)19(25)21-14-9-7-8-13(20)12-14/h5-12H,3-4H2,1-2H3,(H,21,25). The van der Waals surface area contributed by atoms with Gasteiger partial charge in [-0.15, -0.1) is 0 Å². The molecule has 1 heterocycles. The first-order valence-electron chi connectivity index (χ1n) is 8.21. The van der Waals surface area contributed by atoms with Gasteiger partial charge in [0.1, 0.15) is 5.82 Å². The van der Waals surface area contributed by atoms with E-state index in [-0.39, 0.29) is 5.69 Å². The van der Waals surface area contributed by atoms with Gasteiger partial charge in [-0.1, -0.05) is 18.2 Å². The Morgan fingerprint density at radius 2 is 1.72 bits per heavy atom. The first-order valence-corrected chi connectivity index (χ1v) is 8.21. The molecule has 1 amide bonds. The van der Waals surface area contributed by atoms with Gasteiger partial charge in [0, 0.05) is 18.8 Å². The Kier molecular flexibility index (Phi) is 4.88. The monoisotopic (exact) mass is 338 g/mol. The summed E-state index contributed by atoms with van der Waals surface area (Å²) in [5.41, 5.74) is 1.98. The normalized spacial score (nSPS) is 10.7. The number of benzene rings is 2. The van der Waals surface area contributed by atoms with E-state index in [1.54, 1.807) is 12.1 Å². The Labute approximate surface area is 145 Å². The molecular weight excluding hydrogens is 319 g/mol. The van der Waals surface area contributed by atoms with Crippen molar-refractivity contribution in [3.8, 4) is 0 Å². The average molecular weight is 338 g/mol. The molecule has 0 bridgehead atoms. The number of anilines is 2. The molecule has 1 N–H and O–H groups in total. The first kappa shape index (κ1) is 16.8. The fraction of sp³-hybridized carbons (Fsp3) is 0.211. The van der Waals surface area contributed by atoms with Crippen LogP contribution in [-0.4, -0.2) is 29.0 Å². The van der Waals surface area contributed by atoms with E-state index in [9.17, 15) is 9.18 Å². The molecule has 2 aromatic carbocycles. The van der Waals surface area contributed by atoms with Crippen LogP contribution in [0.15, 0.2) is 48.5 Å². The van der Waals surface area contributed by atoms with Gasteiger partial charge in [-0.25, -0.2) is 14.4 Å². The topological polar surface area (TPSA) is 58.1 Å². The zero-order chi connectivity index (χ0) is 17.8. The molecule has 0 fully saturated rings. The van der Waals surface area contributed by atoms with Gasteiger partial charge in [-0.2, -0.15) is 0 Å². The first-order chi connectivity index (χ1) is 12.1. The van der Waals surface area contributed by atoms with Gasteiger partial charge in [-0.3, -0.25) is 4.79 Å². The molecule has 6 heteroatoms. The predicted octanol–water partition coefficient (Wildman–Crippen LogP) is 3.87. The van der Waals surface area contributed by atoms with Crippen molar-refractivity contribution in [3.05, 3.63) is 60.0 Å². The fourth-order valence-electron chi connectivity index (χ4n) is 2.64. The van der Waals surface area contributed by atoms with Crippen molar-refractivity contribution in [2.24, 2.45) is 0 Å². The maximum Gasteiger partial charge on any atom is 0.278 e. The van der Waals surface area contributed by atoms with Gasteiger partial charge >= 0.3 is 0 Å². The summed E-state index contributed by atoms with van der Waals surface area (Å²) in [6, 6.07) is 13.2. The summed E-state index contributed by atoms with van der Waals surface area (Å²) in [6.07, 6.45) is 0. The summed E-state index contributed by atoms with van der Waals surface area (Å²) >= 11 is 0. The van der Waals surface area contributed by atoms with Gasteiger partial charge in [0.05, 0.1) is 11.0 Å². The van der Waals surface area contributed by atoms with Gasteiger partial charge in [0.25, 0.3) is 5.91 Å². The fourth-order valence-corrected chi connectivity index (χ4v) is 2.64. The van der Waals surface area contributed by atoms with Gasteiger partial charge in [0.2, 0.25) is 0 Å². The van der Waals surface area contributed by atoms with Crippen molar-refractivity contribution >= 4 is 28.4 Å². The number of nitrogens with one attached hydrogen (secondary N) is 1. The molecule has 0 saturated carbocycles. The summed E-state index contributed by atoms with van der Waals surface area (Å²) in [5.74, 6) is -0.297. The number of nitrogens with zero attached hydrogens (tertiary/aromatic N) is 3. The van der Waals surface area contributed by atoms with E-state index < -0.39 is 11.7 Å². The van der Waals surface area contributed by atoms with Crippen LogP contribution in [0.1, 0.15) is 24.3 Å². The van der Waals surface area contributed by atoms with E-state index in [4.69, 9.17) is 0 Å². The highest BCUT2D eigenvalue weighted by molar-refractivity contribution is 6.07. The number of aromatic nitrogens is 2. The summed E-state index contributed by atoms with van der Waals surface area (Å²) in [7, 11) is 0. The lowest BCUT2D eigenvalue weighted by Crippen LogP contribution is -2.27. The largest absolute Gasteiger partial charge is 0.355 e. The summed E-state index contributed by atoms with van der Waals surface area (Å²) in [5, 5.41) is 2.70. The molecule has 5 nitrogen and oxygen atoms in total. The van der Waals surface area contributed by atoms with Crippen LogP contribution >= 0.6 is 0 Å². The number of fused-ring (bicyclic) bond motifs is 1. The second-order valence-electron chi connectivity index (χ2n) is 5.52. The molecule has 0 aliphatic carbocycles. The SMILES string of the molecule is CCN(CC)c1nc2ccccc2nc1C(=O)Nc1cccc(F)c1. The Hall–Kier alpha value is -3.02. The van der Waals surface area contributed by atoms with Crippen LogP contribution in [0.3, 0.4) is 0 Å². The van der Waals surface area contributed by atoms with Crippen molar-refractivity contribution in [3.63, 3.8) is 0 Å². The predicted molar refractivity (Wildman–Crippen MR) is 97.5 cm³/mol. The highest BCUT2D eigenvalue weighted by Gasteiger charge is 2.20. The summed E-state index contributed by atoms with van der Waals surface area (Å²) in [4.78, 5) is 23.9. The van der Waals surface area contributed by atoms with Crippen molar-refractivity contribution < 1.29 is 9.18 Å². The van der Waals surface area contributed by atoms with E-state index in [0.717, 1.165) is 5.52 Å². The molecule has 3 aromatic rings. The van der Waals surface area contributed by atoms with Crippen LogP contribution in [0.4, 0.5) is 15.9 Å². The molecule has 0 unspecified atom stereocenters. The zero-order valence-corrected chi connectivity index (χ0v) is 14.2. The number of hydrogen-bond acceptors (Lipinski definition) is 4. The van der Waals surface area contributed by atoms with E-state index >= 15 is 0 Å². The van der Waals surface area contributed by atoms with Crippen molar-refractivity contribution in [1.82, 2.24) is 9.97 Å². The second kappa shape index (κ2) is 7.25. The number of carbonyl (C=O) groups excluding carboxylic acids is 1. The molecule has 0 radical (unpaired) electrons. The van der Waals surface area contributed by atoms with Crippen LogP contribution < -0.4 is 10.2 Å². The number of amides is 1. The van der Waals surface area contributed by atoms with E-state index in [1.807, 2.05) is 43.0 Å². The molecule has 0 saturated heterocycles. The number of rotatable bonds is 5. The maximum atomic E-state index is 13.4. The molecule has 0 atom stereocenters. The van der Waals surface area contributed by atoms with Crippen molar-refractivity contribution in [2.75, 3.05) is 23.3 Å². The third-order valence-electron chi connectivity index (χ3n) is 3.91. The second-order valence-corrected chi connectivity index (χ2v) is 5.52. The maximum absolute atomic E-state index is 13.4. The lowest BCUT2D eigenvalue weighted by atomic mass is 10.2. The molecule has 3 rings (SSSR count). The number of para-hydroxylation sites is 2. The molecule has 0 spiro atoms. The third kappa shape index (κ3) is 3.57. The summed E-state index contributed by atoms with van der Waals surface area (Å²) in [6.45, 7) is 5.39. The lowest BCUT2D eigenvalue weighted by Gasteiger charge is -2.22. The average Bonchev–Trinajstić information content (AvgIpc) is 2.62. The Bertz CT molecular complexity index is 909. The molecule has 0 aliphatic heterocycles. The Morgan fingerprint density at radius 1 is 1.04 bits per heavy atom. The Morgan fingerprint density at radius 3 is 2.36 bits per heavy atom. The minimum Gasteiger partial charge on any atom is -0.355 e. The smallest absolute Gasteiger partial charge is 0.278 e. The molecular formula is C19H19FN4O. The molecule has 0 aliphatic rings. The van der Waals surface area contributed by atoms with Crippen LogP contribution in [-0.2, 0) is 0 Å². The third-order valence-corrected chi connectivity index (χ3v) is 3.91. The number of hydrogen-bond donors (Lipinski definition) is 1.